The fourth-order valence-corrected chi connectivity index (χ4v) is 7.49. The lowest BCUT2D eigenvalue weighted by atomic mass is 9.94. The van der Waals surface area contributed by atoms with E-state index >= 15 is 0 Å². The molecule has 3 fully saturated rings. The number of amides is 2. The molecule has 1 aromatic heterocycles. The number of rotatable bonds is 10. The van der Waals surface area contributed by atoms with Crippen LogP contribution >= 0.6 is 9.24 Å². The van der Waals surface area contributed by atoms with Crippen LogP contribution in [0.1, 0.15) is 19.4 Å². The van der Waals surface area contributed by atoms with Gasteiger partial charge < -0.3 is 28.9 Å². The van der Waals surface area contributed by atoms with Crippen LogP contribution in [-0.2, 0) is 21.6 Å². The van der Waals surface area contributed by atoms with Crippen LogP contribution in [0, 0.1) is 11.6 Å². The molecule has 3 aliphatic heterocycles. The van der Waals surface area contributed by atoms with E-state index in [1.165, 1.54) is 29.5 Å². The highest BCUT2D eigenvalue weighted by Crippen LogP contribution is 2.37. The second-order valence-corrected chi connectivity index (χ2v) is 13.6. The van der Waals surface area contributed by atoms with Gasteiger partial charge in [0.2, 0.25) is 0 Å². The number of carbonyl (C=O) groups is 1. The van der Waals surface area contributed by atoms with Crippen molar-refractivity contribution in [3.05, 3.63) is 96.6 Å². The van der Waals surface area contributed by atoms with Gasteiger partial charge in [-0.3, -0.25) is 4.90 Å². The van der Waals surface area contributed by atoms with Crippen molar-refractivity contribution in [2.24, 2.45) is 0 Å². The fraction of sp³-hybridized carbons (Fsp3) is 0.400. The van der Waals surface area contributed by atoms with E-state index in [4.69, 9.17) is 14.2 Å². The van der Waals surface area contributed by atoms with Gasteiger partial charge in [-0.25, -0.2) is 23.2 Å². The molecular weight excluding hydrogens is 651 g/mol. The molecule has 2 unspecified atom stereocenters. The highest BCUT2D eigenvalue weighted by Gasteiger charge is 2.46. The molecule has 2 amide bonds. The number of hydrogen-bond acceptors (Lipinski definition) is 8. The van der Waals surface area contributed by atoms with Crippen molar-refractivity contribution in [1.29, 1.82) is 0 Å². The molecular formula is C35H40F2N7O4P. The SMILES string of the molecule is CC(C)N1C(=O)N(c2ccc(N3CCN(c4ccc(OC[C@H]5OC[C@](Cn6cncn6)(c6ccc(F)cc6F)O5)cc4)CC3)cc2)CC1P. The Balaban J connectivity index is 0.916. The third-order valence-electron chi connectivity index (χ3n) is 9.29. The smallest absolute Gasteiger partial charge is 0.325 e. The van der Waals surface area contributed by atoms with Crippen molar-refractivity contribution in [3.8, 4) is 5.75 Å². The Morgan fingerprint density at radius 1 is 0.959 bits per heavy atom. The Morgan fingerprint density at radius 2 is 1.61 bits per heavy atom. The highest BCUT2D eigenvalue weighted by molar-refractivity contribution is 7.17. The summed E-state index contributed by atoms with van der Waals surface area (Å²) in [6.45, 7) is 8.47. The number of hydrogen-bond donors (Lipinski definition) is 0. The van der Waals surface area contributed by atoms with E-state index in [1.54, 1.807) is 0 Å². The first-order valence-corrected chi connectivity index (χ1v) is 17.1. The van der Waals surface area contributed by atoms with Gasteiger partial charge in [0.1, 0.15) is 42.2 Å². The van der Waals surface area contributed by atoms with Gasteiger partial charge in [-0.15, -0.1) is 9.24 Å². The molecule has 0 radical (unpaired) electrons. The number of nitrogens with zero attached hydrogens (tertiary/aromatic N) is 7. The first kappa shape index (κ1) is 33.2. The van der Waals surface area contributed by atoms with Crippen molar-refractivity contribution < 1.29 is 27.8 Å². The van der Waals surface area contributed by atoms with Gasteiger partial charge in [-0.2, -0.15) is 5.10 Å². The van der Waals surface area contributed by atoms with Crippen LogP contribution in [0.2, 0.25) is 0 Å². The number of benzene rings is 3. The molecule has 49 heavy (non-hydrogen) atoms. The maximum Gasteiger partial charge on any atom is 0.325 e. The summed E-state index contributed by atoms with van der Waals surface area (Å²) in [5.41, 5.74) is 2.12. The van der Waals surface area contributed by atoms with Crippen molar-refractivity contribution in [2.45, 2.75) is 44.1 Å². The number of ether oxygens (including phenoxy) is 3. The first-order valence-electron chi connectivity index (χ1n) is 16.4. The maximum absolute atomic E-state index is 14.9. The first-order chi connectivity index (χ1) is 23.7. The molecule has 11 nitrogen and oxygen atoms in total. The summed E-state index contributed by atoms with van der Waals surface area (Å²) in [4.78, 5) is 25.4. The van der Waals surface area contributed by atoms with Gasteiger partial charge in [0.15, 0.2) is 6.29 Å². The zero-order valence-electron chi connectivity index (χ0n) is 27.5. The zero-order valence-corrected chi connectivity index (χ0v) is 28.6. The second-order valence-electron chi connectivity index (χ2n) is 12.8. The number of aromatic nitrogens is 3. The summed E-state index contributed by atoms with van der Waals surface area (Å²) in [6.07, 6.45) is 2.12. The normalized spacial score (nSPS) is 22.9. The fourth-order valence-electron chi connectivity index (χ4n) is 6.81. The van der Waals surface area contributed by atoms with E-state index in [0.717, 1.165) is 49.3 Å². The zero-order chi connectivity index (χ0) is 34.1. The summed E-state index contributed by atoms with van der Waals surface area (Å²) in [5.74, 6) is -0.634. The minimum atomic E-state index is -1.23. The van der Waals surface area contributed by atoms with E-state index in [2.05, 4.69) is 41.3 Å². The molecule has 0 aliphatic carbocycles. The van der Waals surface area contributed by atoms with Crippen LogP contribution in [0.3, 0.4) is 0 Å². The summed E-state index contributed by atoms with van der Waals surface area (Å²) >= 11 is 0. The average Bonchev–Trinajstić information content (AvgIpc) is 3.84. The van der Waals surface area contributed by atoms with E-state index in [-0.39, 0.29) is 43.2 Å². The number of urea groups is 1. The molecule has 7 rings (SSSR count). The Hall–Kier alpha value is -4.32. The van der Waals surface area contributed by atoms with Gasteiger partial charge in [0.25, 0.3) is 0 Å². The van der Waals surface area contributed by atoms with Crippen molar-refractivity contribution in [3.63, 3.8) is 0 Å². The van der Waals surface area contributed by atoms with Crippen molar-refractivity contribution in [2.75, 3.05) is 60.6 Å². The van der Waals surface area contributed by atoms with E-state index < -0.39 is 23.5 Å². The molecule has 0 bridgehead atoms. The molecule has 4 aromatic rings. The van der Waals surface area contributed by atoms with Crippen molar-refractivity contribution >= 4 is 32.3 Å². The molecule has 258 valence electrons. The number of anilines is 3. The minimum absolute atomic E-state index is 0.0339. The predicted octanol–water partition coefficient (Wildman–Crippen LogP) is 5.08. The third kappa shape index (κ3) is 6.92. The average molecular weight is 692 g/mol. The van der Waals surface area contributed by atoms with Crippen LogP contribution in [0.25, 0.3) is 0 Å². The Kier molecular flexibility index (Phi) is 9.41. The number of halogens is 2. The Morgan fingerprint density at radius 3 is 2.20 bits per heavy atom. The topological polar surface area (TPSA) is 88.4 Å². The quantitative estimate of drug-likeness (QED) is 0.213. The van der Waals surface area contributed by atoms with Gasteiger partial charge in [-0.05, 0) is 68.4 Å². The monoisotopic (exact) mass is 691 g/mol. The van der Waals surface area contributed by atoms with Crippen LogP contribution in [0.5, 0.6) is 5.75 Å². The van der Waals surface area contributed by atoms with Gasteiger partial charge in [0, 0.05) is 60.9 Å². The molecule has 14 heteroatoms. The van der Waals surface area contributed by atoms with E-state index in [9.17, 15) is 13.6 Å². The standard InChI is InChI=1S/C35H40F2N7O4P/c1-24(2)44-32(49)18-43(34(44)45)28-6-4-26(5-7-28)40-13-15-41(16-14-40)27-8-10-29(11-9-27)46-19-33-47-21-35(48-33,20-42-23-38-22-39-42)30-12-3-25(36)17-31(30)37/h3-12,17,22-24,32-33H,13-16,18-21,49H2,1-2H3/t32?,33-,35+/m0/s1. The molecule has 0 N–H and O–H groups in total. The molecule has 0 spiro atoms. The van der Waals surface area contributed by atoms with Gasteiger partial charge >= 0.3 is 6.03 Å². The largest absolute Gasteiger partial charge is 0.488 e. The molecule has 3 aromatic carbocycles. The van der Waals surface area contributed by atoms with E-state index in [0.29, 0.717) is 12.3 Å². The van der Waals surface area contributed by atoms with Gasteiger partial charge in [0.05, 0.1) is 25.5 Å². The summed E-state index contributed by atoms with van der Waals surface area (Å²) < 4.78 is 48.3. The summed E-state index contributed by atoms with van der Waals surface area (Å²) in [7, 11) is 2.79. The summed E-state index contributed by atoms with van der Waals surface area (Å²) in [6, 6.07) is 19.8. The number of piperazine rings is 1. The lowest BCUT2D eigenvalue weighted by Crippen LogP contribution is -2.46. The number of carbonyl (C=O) groups excluding carboxylic acids is 1. The van der Waals surface area contributed by atoms with Gasteiger partial charge in [-0.1, -0.05) is 6.07 Å². The second kappa shape index (κ2) is 13.9. The van der Waals surface area contributed by atoms with Crippen LogP contribution < -0.4 is 19.4 Å². The van der Waals surface area contributed by atoms with Crippen LogP contribution in [0.4, 0.5) is 30.6 Å². The van der Waals surface area contributed by atoms with Crippen LogP contribution in [-0.4, -0.2) is 89.7 Å². The maximum atomic E-state index is 14.9. The summed E-state index contributed by atoms with van der Waals surface area (Å²) in [5, 5.41) is 4.13. The lowest BCUT2D eigenvalue weighted by Gasteiger charge is -2.37. The molecule has 4 heterocycles. The minimum Gasteiger partial charge on any atom is -0.488 e. The predicted molar refractivity (Wildman–Crippen MR) is 185 cm³/mol. The highest BCUT2D eigenvalue weighted by atomic mass is 31.0. The molecule has 3 aliphatic rings. The lowest BCUT2D eigenvalue weighted by molar-refractivity contribution is -0.117. The van der Waals surface area contributed by atoms with E-state index in [1.807, 2.05) is 60.0 Å². The van der Waals surface area contributed by atoms with Crippen LogP contribution in [0.15, 0.2) is 79.4 Å². The Bertz CT molecular complexity index is 1740. The van der Waals surface area contributed by atoms with Crippen molar-refractivity contribution in [1.82, 2.24) is 19.7 Å². The third-order valence-corrected chi connectivity index (χ3v) is 9.83. The molecule has 4 atom stereocenters. The molecule has 0 saturated carbocycles. The Labute approximate surface area is 286 Å². The molecule has 3 saturated heterocycles.